The monoisotopic (exact) mass is 426 g/mol. The highest BCUT2D eigenvalue weighted by Gasteiger charge is 2.20. The average Bonchev–Trinajstić information content (AvgIpc) is 3.22. The fraction of sp³-hybridized carbons (Fsp3) is 0.115. The molecule has 0 unspecified atom stereocenters. The van der Waals surface area contributed by atoms with E-state index in [-0.39, 0.29) is 24.7 Å². The normalized spacial score (nSPS) is 10.6. The number of aromatic nitrogens is 1. The number of rotatable bonds is 8. The largest absolute Gasteiger partial charge is 0.456 e. The van der Waals surface area contributed by atoms with Crippen LogP contribution in [0, 0.1) is 0 Å². The SMILES string of the molecule is O=C(Cc1ccccc1)NCC(=O)OCC(=O)c1c(-c2ccccc2)[nH]c2ccccc12. The van der Waals surface area contributed by atoms with Gasteiger partial charge in [-0.2, -0.15) is 0 Å². The first-order chi connectivity index (χ1) is 15.6. The van der Waals surface area contributed by atoms with Gasteiger partial charge in [-0.3, -0.25) is 14.4 Å². The molecule has 4 rings (SSSR count). The lowest BCUT2D eigenvalue weighted by Crippen LogP contribution is -2.32. The number of Topliss-reactive ketones (excluding diaryl/α,β-unsaturated/α-hetero) is 1. The van der Waals surface area contributed by atoms with Gasteiger partial charge in [-0.05, 0) is 17.2 Å². The Bertz CT molecular complexity index is 1250. The Morgan fingerprint density at radius 2 is 1.47 bits per heavy atom. The highest BCUT2D eigenvalue weighted by Crippen LogP contribution is 2.30. The summed E-state index contributed by atoms with van der Waals surface area (Å²) in [5.41, 5.74) is 3.71. The molecule has 1 amide bonds. The second-order valence-electron chi connectivity index (χ2n) is 7.31. The fourth-order valence-corrected chi connectivity index (χ4v) is 3.54. The highest BCUT2D eigenvalue weighted by molar-refractivity contribution is 6.14. The molecule has 160 valence electrons. The van der Waals surface area contributed by atoms with E-state index in [0.29, 0.717) is 11.3 Å². The van der Waals surface area contributed by atoms with Crippen LogP contribution in [-0.4, -0.2) is 35.8 Å². The summed E-state index contributed by atoms with van der Waals surface area (Å²) in [6.07, 6.45) is 0.169. The van der Waals surface area contributed by atoms with Crippen molar-refractivity contribution in [2.24, 2.45) is 0 Å². The van der Waals surface area contributed by atoms with Gasteiger partial charge in [0.2, 0.25) is 11.7 Å². The van der Waals surface area contributed by atoms with Crippen LogP contribution in [0.15, 0.2) is 84.9 Å². The first-order valence-corrected chi connectivity index (χ1v) is 10.3. The minimum Gasteiger partial charge on any atom is -0.456 e. The van der Waals surface area contributed by atoms with E-state index in [1.807, 2.05) is 84.9 Å². The molecule has 1 heterocycles. The fourth-order valence-electron chi connectivity index (χ4n) is 3.54. The van der Waals surface area contributed by atoms with Crippen molar-refractivity contribution >= 4 is 28.6 Å². The van der Waals surface area contributed by atoms with Crippen LogP contribution in [0.25, 0.3) is 22.2 Å². The molecular weight excluding hydrogens is 404 g/mol. The summed E-state index contributed by atoms with van der Waals surface area (Å²) in [6, 6.07) is 26.2. The number of hydrogen-bond donors (Lipinski definition) is 2. The predicted octanol–water partition coefficient (Wildman–Crippen LogP) is 3.92. The smallest absolute Gasteiger partial charge is 0.325 e. The van der Waals surface area contributed by atoms with Crippen molar-refractivity contribution in [2.45, 2.75) is 6.42 Å². The zero-order valence-corrected chi connectivity index (χ0v) is 17.3. The Hall–Kier alpha value is -4.19. The van der Waals surface area contributed by atoms with Crippen molar-refractivity contribution in [1.29, 1.82) is 0 Å². The molecule has 0 saturated heterocycles. The lowest BCUT2D eigenvalue weighted by atomic mass is 10.0. The molecule has 0 spiro atoms. The summed E-state index contributed by atoms with van der Waals surface area (Å²) >= 11 is 0. The number of H-pyrrole nitrogens is 1. The molecule has 0 radical (unpaired) electrons. The molecule has 6 heteroatoms. The van der Waals surface area contributed by atoms with Gasteiger partial charge in [-0.1, -0.05) is 78.9 Å². The van der Waals surface area contributed by atoms with E-state index in [0.717, 1.165) is 22.0 Å². The van der Waals surface area contributed by atoms with E-state index >= 15 is 0 Å². The van der Waals surface area contributed by atoms with Crippen molar-refractivity contribution in [3.63, 3.8) is 0 Å². The van der Waals surface area contributed by atoms with Gasteiger partial charge in [0.15, 0.2) is 6.61 Å². The van der Waals surface area contributed by atoms with Gasteiger partial charge in [0.1, 0.15) is 6.54 Å². The average molecular weight is 426 g/mol. The highest BCUT2D eigenvalue weighted by atomic mass is 16.5. The zero-order chi connectivity index (χ0) is 22.3. The number of ketones is 1. The summed E-state index contributed by atoms with van der Waals surface area (Å²) in [6.45, 7) is -0.701. The number of carbonyl (C=O) groups is 3. The van der Waals surface area contributed by atoms with Crippen molar-refractivity contribution in [3.05, 3.63) is 96.1 Å². The Labute approximate surface area is 185 Å². The van der Waals surface area contributed by atoms with Crippen molar-refractivity contribution in [3.8, 4) is 11.3 Å². The molecule has 2 N–H and O–H groups in total. The maximum atomic E-state index is 13.0. The molecule has 0 aliphatic heterocycles. The Morgan fingerprint density at radius 1 is 0.812 bits per heavy atom. The van der Waals surface area contributed by atoms with E-state index in [4.69, 9.17) is 4.74 Å². The molecule has 4 aromatic rings. The number of carbonyl (C=O) groups excluding carboxylic acids is 3. The van der Waals surface area contributed by atoms with Gasteiger partial charge in [-0.15, -0.1) is 0 Å². The van der Waals surface area contributed by atoms with Crippen LogP contribution in [0.4, 0.5) is 0 Å². The number of fused-ring (bicyclic) bond motifs is 1. The summed E-state index contributed by atoms with van der Waals surface area (Å²) < 4.78 is 5.15. The van der Waals surface area contributed by atoms with Gasteiger partial charge in [0.25, 0.3) is 0 Å². The number of ether oxygens (including phenoxy) is 1. The van der Waals surface area contributed by atoms with Crippen molar-refractivity contribution in [2.75, 3.05) is 13.2 Å². The maximum Gasteiger partial charge on any atom is 0.325 e. The second kappa shape index (κ2) is 9.75. The molecule has 0 saturated carbocycles. The van der Waals surface area contributed by atoms with E-state index in [9.17, 15) is 14.4 Å². The molecule has 32 heavy (non-hydrogen) atoms. The number of amides is 1. The van der Waals surface area contributed by atoms with Gasteiger partial charge < -0.3 is 15.0 Å². The third-order valence-corrected chi connectivity index (χ3v) is 5.05. The minimum atomic E-state index is -0.666. The minimum absolute atomic E-state index is 0.169. The molecule has 6 nitrogen and oxygen atoms in total. The molecule has 0 bridgehead atoms. The third kappa shape index (κ3) is 4.92. The van der Waals surface area contributed by atoms with Gasteiger partial charge >= 0.3 is 5.97 Å². The van der Waals surface area contributed by atoms with Crippen LogP contribution < -0.4 is 5.32 Å². The molecule has 0 atom stereocenters. The van der Waals surface area contributed by atoms with E-state index in [1.165, 1.54) is 0 Å². The second-order valence-corrected chi connectivity index (χ2v) is 7.31. The lowest BCUT2D eigenvalue weighted by molar-refractivity contribution is -0.142. The van der Waals surface area contributed by atoms with E-state index < -0.39 is 12.6 Å². The third-order valence-electron chi connectivity index (χ3n) is 5.05. The Morgan fingerprint density at radius 3 is 2.22 bits per heavy atom. The zero-order valence-electron chi connectivity index (χ0n) is 17.3. The molecule has 1 aromatic heterocycles. The van der Waals surface area contributed by atoms with Gasteiger partial charge in [0.05, 0.1) is 17.7 Å². The Balaban J connectivity index is 1.40. The summed E-state index contributed by atoms with van der Waals surface area (Å²) in [7, 11) is 0. The number of esters is 1. The standard InChI is InChI=1S/C26H22N2O4/c29-22(17-32-24(31)16-27-23(30)15-18-9-3-1-4-10-18)25-20-13-7-8-14-21(20)28-26(25)19-11-5-2-6-12-19/h1-14,28H,15-17H2,(H,27,30). The van der Waals surface area contributed by atoms with Gasteiger partial charge in [-0.25, -0.2) is 0 Å². The first-order valence-electron chi connectivity index (χ1n) is 10.3. The molecular formula is C26H22N2O4. The predicted molar refractivity (Wildman–Crippen MR) is 122 cm³/mol. The topological polar surface area (TPSA) is 88.3 Å². The lowest BCUT2D eigenvalue weighted by Gasteiger charge is -2.08. The number of aromatic amines is 1. The van der Waals surface area contributed by atoms with Crippen LogP contribution in [0.3, 0.4) is 0 Å². The first kappa shape index (κ1) is 21.1. The number of para-hydroxylation sites is 1. The molecule has 0 aliphatic rings. The summed E-state index contributed by atoms with van der Waals surface area (Å²) in [5.74, 6) is -1.27. The van der Waals surface area contributed by atoms with Crippen LogP contribution in [0.1, 0.15) is 15.9 Å². The van der Waals surface area contributed by atoms with Crippen LogP contribution >= 0.6 is 0 Å². The quantitative estimate of drug-likeness (QED) is 0.330. The molecule has 3 aromatic carbocycles. The van der Waals surface area contributed by atoms with Crippen LogP contribution in [0.5, 0.6) is 0 Å². The summed E-state index contributed by atoms with van der Waals surface area (Å²) in [4.78, 5) is 40.4. The van der Waals surface area contributed by atoms with Crippen molar-refractivity contribution < 1.29 is 19.1 Å². The van der Waals surface area contributed by atoms with E-state index in [1.54, 1.807) is 0 Å². The van der Waals surface area contributed by atoms with Crippen LogP contribution in [-0.2, 0) is 20.7 Å². The molecule has 0 aliphatic carbocycles. The number of nitrogens with one attached hydrogen (secondary N) is 2. The molecule has 0 fully saturated rings. The van der Waals surface area contributed by atoms with Gasteiger partial charge in [0, 0.05) is 10.9 Å². The number of hydrogen-bond acceptors (Lipinski definition) is 4. The van der Waals surface area contributed by atoms with E-state index in [2.05, 4.69) is 10.3 Å². The maximum absolute atomic E-state index is 13.0. The Kier molecular flexibility index (Phi) is 6.41. The van der Waals surface area contributed by atoms with Crippen molar-refractivity contribution in [1.82, 2.24) is 10.3 Å². The number of benzene rings is 3. The van der Waals surface area contributed by atoms with Crippen LogP contribution in [0.2, 0.25) is 0 Å². The summed E-state index contributed by atoms with van der Waals surface area (Å²) in [5, 5.41) is 3.29.